The number of rotatable bonds is 6. The second kappa shape index (κ2) is 8.64. The van der Waals surface area contributed by atoms with Gasteiger partial charge in [0, 0.05) is 0 Å². The lowest BCUT2D eigenvalue weighted by molar-refractivity contribution is 0.369. The Balaban J connectivity index is 2.25. The lowest BCUT2D eigenvalue weighted by atomic mass is 9.71. The molecule has 0 heterocycles. The number of benzene rings is 2. The van der Waals surface area contributed by atoms with Crippen LogP contribution in [0.2, 0.25) is 0 Å². The van der Waals surface area contributed by atoms with Gasteiger partial charge in [0.15, 0.2) is 0 Å². The van der Waals surface area contributed by atoms with E-state index >= 15 is 0 Å². The highest BCUT2D eigenvalue weighted by Crippen LogP contribution is 2.40. The third-order valence-corrected chi connectivity index (χ3v) is 6.98. The Kier molecular flexibility index (Phi) is 7.11. The Bertz CT molecular complexity index is 901. The zero-order valence-electron chi connectivity index (χ0n) is 22.3. The second-order valence-electron chi connectivity index (χ2n) is 12.7. The molecule has 0 bridgehead atoms. The maximum Gasteiger partial charge on any atom is 0.122 e. The molecule has 0 fully saturated rings. The standard InChI is InChI=1S/C30H46O/c1-21-19-22(13-15-24(21)27(2,3)4)29(8,9)17-18-30(10,11)23-14-16-25(28(5,6)7)26(20-23)31-12/h13-16,19-20H,17-18H2,1-12H3. The summed E-state index contributed by atoms with van der Waals surface area (Å²) in [5.74, 6) is 1.01. The Morgan fingerprint density at radius 3 is 1.42 bits per heavy atom. The van der Waals surface area contributed by atoms with Crippen molar-refractivity contribution >= 4 is 0 Å². The third kappa shape index (κ3) is 5.93. The topological polar surface area (TPSA) is 9.23 Å². The van der Waals surface area contributed by atoms with Crippen molar-refractivity contribution in [3.63, 3.8) is 0 Å². The molecule has 0 aliphatic carbocycles. The molecule has 0 radical (unpaired) electrons. The van der Waals surface area contributed by atoms with Gasteiger partial charge in [-0.05, 0) is 75.3 Å². The van der Waals surface area contributed by atoms with E-state index < -0.39 is 0 Å². The van der Waals surface area contributed by atoms with E-state index in [9.17, 15) is 0 Å². The zero-order chi connectivity index (χ0) is 23.8. The van der Waals surface area contributed by atoms with Crippen molar-refractivity contribution in [1.29, 1.82) is 0 Å². The highest BCUT2D eigenvalue weighted by atomic mass is 16.5. The highest BCUT2D eigenvalue weighted by Gasteiger charge is 2.29. The van der Waals surface area contributed by atoms with Crippen LogP contribution in [0.4, 0.5) is 0 Å². The Labute approximate surface area is 192 Å². The first-order valence-corrected chi connectivity index (χ1v) is 11.8. The molecule has 172 valence electrons. The minimum absolute atomic E-state index is 0.0765. The van der Waals surface area contributed by atoms with Crippen LogP contribution in [0.5, 0.6) is 5.75 Å². The molecule has 0 spiro atoms. The maximum absolute atomic E-state index is 5.77. The zero-order valence-corrected chi connectivity index (χ0v) is 22.3. The van der Waals surface area contributed by atoms with Crippen molar-refractivity contribution < 1.29 is 4.74 Å². The smallest absolute Gasteiger partial charge is 0.122 e. The van der Waals surface area contributed by atoms with Crippen LogP contribution < -0.4 is 4.74 Å². The Hall–Kier alpha value is -1.76. The normalized spacial score (nSPS) is 13.4. The second-order valence-corrected chi connectivity index (χ2v) is 12.7. The number of aryl methyl sites for hydroxylation is 1. The minimum atomic E-state index is 0.0765. The first-order valence-electron chi connectivity index (χ1n) is 11.8. The molecule has 0 amide bonds. The summed E-state index contributed by atoms with van der Waals surface area (Å²) in [6.07, 6.45) is 2.26. The number of hydrogen-bond donors (Lipinski definition) is 0. The van der Waals surface area contributed by atoms with Crippen molar-refractivity contribution in [1.82, 2.24) is 0 Å². The summed E-state index contributed by atoms with van der Waals surface area (Å²) in [5.41, 5.74) is 7.39. The molecule has 0 atom stereocenters. The summed E-state index contributed by atoms with van der Waals surface area (Å²) in [6, 6.07) is 13.9. The van der Waals surface area contributed by atoms with Gasteiger partial charge in [-0.2, -0.15) is 0 Å². The van der Waals surface area contributed by atoms with Gasteiger partial charge in [0.2, 0.25) is 0 Å². The lowest BCUT2D eigenvalue weighted by Gasteiger charge is -2.34. The van der Waals surface area contributed by atoms with Gasteiger partial charge in [-0.1, -0.05) is 99.6 Å². The summed E-state index contributed by atoms with van der Waals surface area (Å²) in [5, 5.41) is 0. The van der Waals surface area contributed by atoms with Crippen LogP contribution >= 0.6 is 0 Å². The fraction of sp³-hybridized carbons (Fsp3) is 0.600. The van der Waals surface area contributed by atoms with E-state index in [0.29, 0.717) is 0 Å². The molecule has 0 unspecified atom stereocenters. The van der Waals surface area contributed by atoms with E-state index in [2.05, 4.69) is 113 Å². The van der Waals surface area contributed by atoms with E-state index in [1.807, 2.05) is 0 Å². The first kappa shape index (κ1) is 25.5. The van der Waals surface area contributed by atoms with E-state index in [4.69, 9.17) is 4.74 Å². The van der Waals surface area contributed by atoms with Crippen LogP contribution in [0.1, 0.15) is 110 Å². The molecule has 0 aliphatic rings. The molecule has 31 heavy (non-hydrogen) atoms. The average Bonchev–Trinajstić information content (AvgIpc) is 2.64. The fourth-order valence-corrected chi connectivity index (χ4v) is 4.57. The van der Waals surface area contributed by atoms with Gasteiger partial charge in [-0.25, -0.2) is 0 Å². The molecule has 2 rings (SSSR count). The van der Waals surface area contributed by atoms with Gasteiger partial charge in [-0.15, -0.1) is 0 Å². The first-order chi connectivity index (χ1) is 14.0. The van der Waals surface area contributed by atoms with E-state index in [1.165, 1.54) is 27.8 Å². The van der Waals surface area contributed by atoms with Gasteiger partial charge in [-0.3, -0.25) is 0 Å². The molecular weight excluding hydrogens is 376 g/mol. The number of methoxy groups -OCH3 is 1. The van der Waals surface area contributed by atoms with Gasteiger partial charge in [0.1, 0.15) is 5.75 Å². The van der Waals surface area contributed by atoms with Gasteiger partial charge in [0.25, 0.3) is 0 Å². The molecule has 2 aromatic rings. The molecule has 0 saturated heterocycles. The fourth-order valence-electron chi connectivity index (χ4n) is 4.57. The van der Waals surface area contributed by atoms with Crippen LogP contribution in [0.25, 0.3) is 0 Å². The predicted molar refractivity (Wildman–Crippen MR) is 137 cm³/mol. The molecule has 0 saturated carbocycles. The molecule has 1 nitrogen and oxygen atoms in total. The summed E-state index contributed by atoms with van der Waals surface area (Å²) < 4.78 is 5.77. The summed E-state index contributed by atoms with van der Waals surface area (Å²) in [7, 11) is 1.79. The summed E-state index contributed by atoms with van der Waals surface area (Å²) >= 11 is 0. The van der Waals surface area contributed by atoms with Gasteiger partial charge in [0.05, 0.1) is 7.11 Å². The van der Waals surface area contributed by atoms with Crippen molar-refractivity contribution in [3.05, 3.63) is 64.2 Å². The molecule has 0 aromatic heterocycles. The molecule has 0 N–H and O–H groups in total. The van der Waals surface area contributed by atoms with Crippen LogP contribution in [0.3, 0.4) is 0 Å². The Morgan fingerprint density at radius 2 is 1.03 bits per heavy atom. The van der Waals surface area contributed by atoms with Gasteiger partial charge < -0.3 is 4.74 Å². The summed E-state index contributed by atoms with van der Waals surface area (Å²) in [6.45, 7) is 25.4. The van der Waals surface area contributed by atoms with E-state index in [-0.39, 0.29) is 21.7 Å². The maximum atomic E-state index is 5.77. The number of ether oxygens (including phenoxy) is 1. The van der Waals surface area contributed by atoms with E-state index in [0.717, 1.165) is 18.6 Å². The van der Waals surface area contributed by atoms with Crippen molar-refractivity contribution in [2.24, 2.45) is 0 Å². The monoisotopic (exact) mass is 422 g/mol. The van der Waals surface area contributed by atoms with Crippen LogP contribution in [-0.2, 0) is 21.7 Å². The molecular formula is C30H46O. The van der Waals surface area contributed by atoms with Crippen molar-refractivity contribution in [2.45, 2.75) is 111 Å². The number of hydrogen-bond acceptors (Lipinski definition) is 1. The molecule has 1 heteroatoms. The SMILES string of the molecule is COc1cc(C(C)(C)CCC(C)(C)c2ccc(C(C)(C)C)c(C)c2)ccc1C(C)(C)C. The van der Waals surface area contributed by atoms with Crippen LogP contribution in [0, 0.1) is 6.92 Å². The molecule has 0 aliphatic heterocycles. The Morgan fingerprint density at radius 1 is 0.613 bits per heavy atom. The van der Waals surface area contributed by atoms with Gasteiger partial charge >= 0.3 is 0 Å². The quantitative estimate of drug-likeness (QED) is 0.452. The van der Waals surface area contributed by atoms with E-state index in [1.54, 1.807) is 7.11 Å². The van der Waals surface area contributed by atoms with Crippen molar-refractivity contribution in [2.75, 3.05) is 7.11 Å². The largest absolute Gasteiger partial charge is 0.496 e. The van der Waals surface area contributed by atoms with Crippen LogP contribution in [0.15, 0.2) is 36.4 Å². The minimum Gasteiger partial charge on any atom is -0.496 e. The third-order valence-electron chi connectivity index (χ3n) is 6.98. The predicted octanol–water partition coefficient (Wildman–Crippen LogP) is 8.63. The average molecular weight is 423 g/mol. The highest BCUT2D eigenvalue weighted by molar-refractivity contribution is 5.44. The van der Waals surface area contributed by atoms with Crippen LogP contribution in [-0.4, -0.2) is 7.11 Å². The molecule has 2 aromatic carbocycles. The van der Waals surface area contributed by atoms with Crippen molar-refractivity contribution in [3.8, 4) is 5.75 Å². The summed E-state index contributed by atoms with van der Waals surface area (Å²) in [4.78, 5) is 0. The lowest BCUT2D eigenvalue weighted by Crippen LogP contribution is -2.25.